The van der Waals surface area contributed by atoms with Crippen LogP contribution in [0.15, 0.2) is 57.7 Å². The second-order valence-corrected chi connectivity index (χ2v) is 6.94. The summed E-state index contributed by atoms with van der Waals surface area (Å²) in [7, 11) is 2.95. The van der Waals surface area contributed by atoms with Crippen LogP contribution in [-0.4, -0.2) is 41.5 Å². The van der Waals surface area contributed by atoms with Gasteiger partial charge < -0.3 is 14.1 Å². The van der Waals surface area contributed by atoms with Crippen LogP contribution < -0.4 is 5.76 Å². The molecule has 7 nitrogen and oxygen atoms in total. The molecule has 1 amide bonds. The molecule has 0 radical (unpaired) electrons. The van der Waals surface area contributed by atoms with Crippen LogP contribution in [0.4, 0.5) is 0 Å². The molecule has 1 aliphatic heterocycles. The number of rotatable bonds is 3. The van der Waals surface area contributed by atoms with Crippen LogP contribution in [0.3, 0.4) is 0 Å². The zero-order valence-electron chi connectivity index (χ0n) is 15.6. The average molecular weight is 380 g/mol. The van der Waals surface area contributed by atoms with Crippen molar-refractivity contribution in [2.45, 2.75) is 5.92 Å². The number of carbonyl (C=O) groups excluding carboxylic acids is 2. The third-order valence-electron chi connectivity index (χ3n) is 5.39. The molecule has 7 heteroatoms. The van der Waals surface area contributed by atoms with E-state index < -0.39 is 11.7 Å². The van der Waals surface area contributed by atoms with E-state index in [-0.39, 0.29) is 29.9 Å². The number of benzene rings is 2. The average Bonchev–Trinajstić information content (AvgIpc) is 3.29. The first-order valence-corrected chi connectivity index (χ1v) is 9.02. The summed E-state index contributed by atoms with van der Waals surface area (Å²) in [4.78, 5) is 39.0. The monoisotopic (exact) mass is 380 g/mol. The van der Waals surface area contributed by atoms with Gasteiger partial charge in [0.1, 0.15) is 0 Å². The van der Waals surface area contributed by atoms with Crippen molar-refractivity contribution in [3.05, 3.63) is 70.2 Å². The maximum Gasteiger partial charge on any atom is 0.419 e. The highest BCUT2D eigenvalue weighted by Crippen LogP contribution is 2.34. The third kappa shape index (κ3) is 2.89. The van der Waals surface area contributed by atoms with E-state index in [4.69, 9.17) is 9.15 Å². The Morgan fingerprint density at radius 2 is 1.82 bits per heavy atom. The number of hydrogen-bond donors (Lipinski definition) is 0. The number of esters is 1. The van der Waals surface area contributed by atoms with E-state index >= 15 is 0 Å². The molecule has 0 spiro atoms. The van der Waals surface area contributed by atoms with Gasteiger partial charge in [-0.05, 0) is 17.7 Å². The summed E-state index contributed by atoms with van der Waals surface area (Å²) >= 11 is 0. The van der Waals surface area contributed by atoms with Crippen molar-refractivity contribution < 1.29 is 18.7 Å². The minimum absolute atomic E-state index is 0.153. The second kappa shape index (κ2) is 6.99. The van der Waals surface area contributed by atoms with E-state index in [1.165, 1.54) is 11.7 Å². The van der Waals surface area contributed by atoms with Gasteiger partial charge in [-0.15, -0.1) is 0 Å². The lowest BCUT2D eigenvalue weighted by molar-refractivity contribution is -0.145. The van der Waals surface area contributed by atoms with Crippen LogP contribution in [0, 0.1) is 5.92 Å². The zero-order valence-corrected chi connectivity index (χ0v) is 15.6. The van der Waals surface area contributed by atoms with E-state index in [0.717, 1.165) is 5.56 Å². The van der Waals surface area contributed by atoms with Gasteiger partial charge in [0.15, 0.2) is 5.58 Å². The Morgan fingerprint density at radius 3 is 2.54 bits per heavy atom. The minimum atomic E-state index is -0.522. The van der Waals surface area contributed by atoms with E-state index in [1.807, 2.05) is 30.3 Å². The Morgan fingerprint density at radius 1 is 1.07 bits per heavy atom. The molecule has 1 aliphatic rings. The first-order chi connectivity index (χ1) is 13.5. The highest BCUT2D eigenvalue weighted by atomic mass is 16.5. The molecule has 1 fully saturated rings. The number of para-hydroxylation sites is 1. The summed E-state index contributed by atoms with van der Waals surface area (Å²) in [6, 6.07) is 14.7. The molecular weight excluding hydrogens is 360 g/mol. The van der Waals surface area contributed by atoms with Crippen molar-refractivity contribution in [3.8, 4) is 0 Å². The van der Waals surface area contributed by atoms with Gasteiger partial charge in [-0.2, -0.15) is 0 Å². The van der Waals surface area contributed by atoms with Gasteiger partial charge >= 0.3 is 11.7 Å². The second-order valence-electron chi connectivity index (χ2n) is 6.94. The van der Waals surface area contributed by atoms with Gasteiger partial charge in [0, 0.05) is 26.1 Å². The molecule has 28 heavy (non-hydrogen) atoms. The Labute approximate surface area is 161 Å². The SMILES string of the molecule is COC(=O)[C@@H]1CN(C(=O)c2cccc3c2oc(=O)n3C)C[C@H]1c1ccccc1. The topological polar surface area (TPSA) is 81.8 Å². The highest BCUT2D eigenvalue weighted by molar-refractivity contribution is 6.04. The smallest absolute Gasteiger partial charge is 0.419 e. The normalized spacial score (nSPS) is 19.1. The molecule has 2 atom stereocenters. The van der Waals surface area contributed by atoms with E-state index in [9.17, 15) is 14.4 Å². The fourth-order valence-electron chi connectivity index (χ4n) is 3.89. The largest absolute Gasteiger partial charge is 0.469 e. The van der Waals surface area contributed by atoms with Gasteiger partial charge in [0.05, 0.1) is 24.1 Å². The predicted octanol–water partition coefficient (Wildman–Crippen LogP) is 2.16. The molecule has 3 aromatic rings. The Hall–Kier alpha value is -3.35. The number of aryl methyl sites for hydroxylation is 1. The highest BCUT2D eigenvalue weighted by Gasteiger charge is 2.41. The Kier molecular flexibility index (Phi) is 4.50. The molecular formula is C21H20N2O5. The van der Waals surface area contributed by atoms with Crippen LogP contribution in [0.25, 0.3) is 11.1 Å². The molecule has 2 aromatic carbocycles. The number of ether oxygens (including phenoxy) is 1. The van der Waals surface area contributed by atoms with Gasteiger partial charge in [-0.25, -0.2) is 4.79 Å². The maximum atomic E-state index is 13.2. The molecule has 144 valence electrons. The van der Waals surface area contributed by atoms with Crippen LogP contribution in [0.5, 0.6) is 0 Å². The van der Waals surface area contributed by atoms with Gasteiger partial charge in [0.25, 0.3) is 5.91 Å². The number of aromatic nitrogens is 1. The zero-order chi connectivity index (χ0) is 19.8. The van der Waals surface area contributed by atoms with Crippen LogP contribution >= 0.6 is 0 Å². The lowest BCUT2D eigenvalue weighted by atomic mass is 9.89. The lowest BCUT2D eigenvalue weighted by Crippen LogP contribution is -2.30. The van der Waals surface area contributed by atoms with Crippen LogP contribution in [0.1, 0.15) is 21.8 Å². The Balaban J connectivity index is 1.70. The lowest BCUT2D eigenvalue weighted by Gasteiger charge is -2.16. The van der Waals surface area contributed by atoms with Gasteiger partial charge in [-0.1, -0.05) is 36.4 Å². The first-order valence-electron chi connectivity index (χ1n) is 9.02. The summed E-state index contributed by atoms with van der Waals surface area (Å²) in [6.45, 7) is 0.634. The molecule has 0 bridgehead atoms. The summed E-state index contributed by atoms with van der Waals surface area (Å²) < 4.78 is 11.6. The maximum absolute atomic E-state index is 13.2. The number of oxazole rings is 1. The number of hydrogen-bond acceptors (Lipinski definition) is 5. The van der Waals surface area contributed by atoms with Gasteiger partial charge in [-0.3, -0.25) is 14.2 Å². The molecule has 1 saturated heterocycles. The number of likely N-dealkylation sites (tertiary alicyclic amines) is 1. The van der Waals surface area contributed by atoms with Gasteiger partial charge in [0.2, 0.25) is 0 Å². The number of carbonyl (C=O) groups is 2. The molecule has 4 rings (SSSR count). The molecule has 2 heterocycles. The first kappa shape index (κ1) is 18.0. The van der Waals surface area contributed by atoms with Crippen LogP contribution in [-0.2, 0) is 16.6 Å². The van der Waals surface area contributed by atoms with Crippen molar-refractivity contribution in [1.82, 2.24) is 9.47 Å². The van der Waals surface area contributed by atoms with E-state index in [1.54, 1.807) is 30.1 Å². The van der Waals surface area contributed by atoms with Crippen molar-refractivity contribution in [3.63, 3.8) is 0 Å². The fraction of sp³-hybridized carbons (Fsp3) is 0.286. The van der Waals surface area contributed by atoms with Crippen molar-refractivity contribution >= 4 is 23.0 Å². The summed E-state index contributed by atoms with van der Waals surface area (Å²) in [5.74, 6) is -1.73. The van der Waals surface area contributed by atoms with E-state index in [0.29, 0.717) is 17.6 Å². The summed E-state index contributed by atoms with van der Waals surface area (Å²) in [6.07, 6.45) is 0. The third-order valence-corrected chi connectivity index (χ3v) is 5.39. The summed E-state index contributed by atoms with van der Waals surface area (Å²) in [5, 5.41) is 0. The number of fused-ring (bicyclic) bond motifs is 1. The predicted molar refractivity (Wildman–Crippen MR) is 102 cm³/mol. The van der Waals surface area contributed by atoms with Crippen LogP contribution in [0.2, 0.25) is 0 Å². The molecule has 0 unspecified atom stereocenters. The fourth-order valence-corrected chi connectivity index (χ4v) is 3.89. The standard InChI is InChI=1S/C21H20N2O5/c1-22-17-10-6-9-14(18(17)28-21(22)26)19(24)23-11-15(13-7-4-3-5-8-13)16(12-23)20(25)27-2/h3-10,15-16H,11-12H2,1-2H3/t15-,16+/m0/s1. The minimum Gasteiger partial charge on any atom is -0.469 e. The molecule has 0 saturated carbocycles. The molecule has 1 aromatic heterocycles. The number of methoxy groups -OCH3 is 1. The summed E-state index contributed by atoms with van der Waals surface area (Å²) in [5.41, 5.74) is 2.11. The van der Waals surface area contributed by atoms with Crippen molar-refractivity contribution in [2.75, 3.05) is 20.2 Å². The Bertz CT molecular complexity index is 1100. The molecule has 0 N–H and O–H groups in total. The molecule has 0 aliphatic carbocycles. The van der Waals surface area contributed by atoms with Crippen molar-refractivity contribution in [1.29, 1.82) is 0 Å². The number of nitrogens with zero attached hydrogens (tertiary/aromatic N) is 2. The number of amides is 1. The quantitative estimate of drug-likeness (QED) is 0.651. The van der Waals surface area contributed by atoms with E-state index in [2.05, 4.69) is 0 Å². The van der Waals surface area contributed by atoms with Crippen molar-refractivity contribution in [2.24, 2.45) is 13.0 Å².